The van der Waals surface area contributed by atoms with Crippen molar-refractivity contribution in [2.45, 2.75) is 18.9 Å². The summed E-state index contributed by atoms with van der Waals surface area (Å²) in [5.41, 5.74) is 6.78. The molecule has 0 aromatic heterocycles. The van der Waals surface area contributed by atoms with Crippen molar-refractivity contribution < 1.29 is 9.50 Å². The molecule has 2 rings (SSSR count). The molecule has 3 N–H and O–H groups in total. The molecule has 1 unspecified atom stereocenters. The quantitative estimate of drug-likeness (QED) is 0.854. The molecular formula is C14H21FN2O. The zero-order chi connectivity index (χ0) is 13.0. The Hall–Kier alpha value is -0.970. The van der Waals surface area contributed by atoms with E-state index in [0.717, 1.165) is 31.5 Å². The molecule has 0 amide bonds. The van der Waals surface area contributed by atoms with Gasteiger partial charge in [-0.3, -0.25) is 4.90 Å². The van der Waals surface area contributed by atoms with Gasteiger partial charge in [0.2, 0.25) is 0 Å². The van der Waals surface area contributed by atoms with E-state index in [0.29, 0.717) is 12.5 Å². The van der Waals surface area contributed by atoms with E-state index in [1.807, 2.05) is 6.07 Å². The maximum absolute atomic E-state index is 13.3. The standard InChI is InChI=1S/C14H21FN2O/c15-13-3-1-2-12(8-13)14(9-16)17-6-4-11(10-18)5-7-17/h1-3,8,11,14,18H,4-7,9-10,16H2. The summed E-state index contributed by atoms with van der Waals surface area (Å²) in [5, 5.41) is 9.13. The number of aliphatic hydroxyl groups is 1. The molecule has 1 fully saturated rings. The number of rotatable bonds is 4. The van der Waals surface area contributed by atoms with Gasteiger partial charge in [-0.2, -0.15) is 0 Å². The summed E-state index contributed by atoms with van der Waals surface area (Å²) in [6.45, 7) is 2.60. The molecule has 1 aromatic carbocycles. The third kappa shape index (κ3) is 3.07. The zero-order valence-electron chi connectivity index (χ0n) is 10.6. The van der Waals surface area contributed by atoms with Crippen LogP contribution in [0.25, 0.3) is 0 Å². The van der Waals surface area contributed by atoms with Crippen molar-refractivity contribution >= 4 is 0 Å². The summed E-state index contributed by atoms with van der Waals surface area (Å²) >= 11 is 0. The largest absolute Gasteiger partial charge is 0.396 e. The molecule has 0 aliphatic carbocycles. The van der Waals surface area contributed by atoms with E-state index in [2.05, 4.69) is 4.90 Å². The monoisotopic (exact) mass is 252 g/mol. The lowest BCUT2D eigenvalue weighted by atomic mass is 9.95. The molecule has 0 saturated carbocycles. The molecule has 1 atom stereocenters. The van der Waals surface area contributed by atoms with E-state index in [4.69, 9.17) is 10.8 Å². The lowest BCUT2D eigenvalue weighted by Gasteiger charge is -2.36. The number of hydrogen-bond donors (Lipinski definition) is 2. The molecule has 0 radical (unpaired) electrons. The number of hydrogen-bond acceptors (Lipinski definition) is 3. The Kier molecular flexibility index (Phi) is 4.69. The van der Waals surface area contributed by atoms with Crippen LogP contribution < -0.4 is 5.73 Å². The summed E-state index contributed by atoms with van der Waals surface area (Å²) in [4.78, 5) is 2.29. The third-order valence-electron chi connectivity index (χ3n) is 3.80. The normalized spacial score (nSPS) is 19.9. The van der Waals surface area contributed by atoms with Gasteiger partial charge in [-0.05, 0) is 49.5 Å². The average Bonchev–Trinajstić information content (AvgIpc) is 2.40. The Morgan fingerprint density at radius 1 is 1.39 bits per heavy atom. The number of piperidine rings is 1. The predicted molar refractivity (Wildman–Crippen MR) is 69.6 cm³/mol. The first kappa shape index (κ1) is 13.5. The van der Waals surface area contributed by atoms with E-state index < -0.39 is 0 Å². The number of nitrogens with two attached hydrogens (primary N) is 1. The van der Waals surface area contributed by atoms with Crippen LogP contribution in [0, 0.1) is 11.7 Å². The van der Waals surface area contributed by atoms with Gasteiger partial charge in [0.05, 0.1) is 0 Å². The maximum atomic E-state index is 13.3. The minimum atomic E-state index is -0.212. The Morgan fingerprint density at radius 3 is 2.67 bits per heavy atom. The lowest BCUT2D eigenvalue weighted by molar-refractivity contribution is 0.102. The minimum Gasteiger partial charge on any atom is -0.396 e. The van der Waals surface area contributed by atoms with Crippen molar-refractivity contribution in [1.82, 2.24) is 4.90 Å². The Bertz CT molecular complexity index is 378. The molecular weight excluding hydrogens is 231 g/mol. The fourth-order valence-corrected chi connectivity index (χ4v) is 2.66. The number of halogens is 1. The van der Waals surface area contributed by atoms with Crippen LogP contribution in [0.1, 0.15) is 24.4 Å². The van der Waals surface area contributed by atoms with Gasteiger partial charge in [0.15, 0.2) is 0 Å². The highest BCUT2D eigenvalue weighted by Crippen LogP contribution is 2.26. The number of benzene rings is 1. The Labute approximate surface area is 107 Å². The van der Waals surface area contributed by atoms with Crippen LogP contribution in [0.4, 0.5) is 4.39 Å². The van der Waals surface area contributed by atoms with E-state index in [9.17, 15) is 4.39 Å². The summed E-state index contributed by atoms with van der Waals surface area (Å²) in [5.74, 6) is 0.198. The number of aliphatic hydroxyl groups excluding tert-OH is 1. The second kappa shape index (κ2) is 6.27. The number of likely N-dealkylation sites (tertiary alicyclic amines) is 1. The molecule has 1 aromatic rings. The van der Waals surface area contributed by atoms with Gasteiger partial charge in [-0.25, -0.2) is 4.39 Å². The maximum Gasteiger partial charge on any atom is 0.123 e. The molecule has 0 bridgehead atoms. The lowest BCUT2D eigenvalue weighted by Crippen LogP contribution is -2.40. The molecule has 4 heteroatoms. The van der Waals surface area contributed by atoms with Crippen molar-refractivity contribution in [1.29, 1.82) is 0 Å². The molecule has 1 aliphatic rings. The van der Waals surface area contributed by atoms with Gasteiger partial charge in [-0.1, -0.05) is 12.1 Å². The van der Waals surface area contributed by atoms with Gasteiger partial charge in [-0.15, -0.1) is 0 Å². The van der Waals surface area contributed by atoms with Gasteiger partial charge in [0, 0.05) is 19.2 Å². The highest BCUT2D eigenvalue weighted by Gasteiger charge is 2.25. The highest BCUT2D eigenvalue weighted by atomic mass is 19.1. The van der Waals surface area contributed by atoms with Gasteiger partial charge in [0.1, 0.15) is 5.82 Å². The van der Waals surface area contributed by atoms with Crippen molar-refractivity contribution in [2.75, 3.05) is 26.2 Å². The van der Waals surface area contributed by atoms with Gasteiger partial charge < -0.3 is 10.8 Å². The van der Waals surface area contributed by atoms with Gasteiger partial charge in [0.25, 0.3) is 0 Å². The third-order valence-corrected chi connectivity index (χ3v) is 3.80. The van der Waals surface area contributed by atoms with Crippen LogP contribution in [0.2, 0.25) is 0 Å². The van der Waals surface area contributed by atoms with Crippen LogP contribution in [0.3, 0.4) is 0 Å². The Morgan fingerprint density at radius 2 is 2.11 bits per heavy atom. The molecule has 3 nitrogen and oxygen atoms in total. The molecule has 0 spiro atoms. The SMILES string of the molecule is NCC(c1cccc(F)c1)N1CCC(CO)CC1. The second-order valence-corrected chi connectivity index (χ2v) is 4.97. The van der Waals surface area contributed by atoms with E-state index in [-0.39, 0.29) is 18.5 Å². The average molecular weight is 252 g/mol. The second-order valence-electron chi connectivity index (χ2n) is 4.97. The predicted octanol–water partition coefficient (Wildman–Crippen LogP) is 1.53. The van der Waals surface area contributed by atoms with Crippen LogP contribution in [0.5, 0.6) is 0 Å². The van der Waals surface area contributed by atoms with E-state index >= 15 is 0 Å². The molecule has 1 aliphatic heterocycles. The van der Waals surface area contributed by atoms with E-state index in [1.54, 1.807) is 12.1 Å². The first-order valence-corrected chi connectivity index (χ1v) is 6.55. The molecule has 1 heterocycles. The first-order valence-electron chi connectivity index (χ1n) is 6.55. The van der Waals surface area contributed by atoms with Crippen LogP contribution in [-0.2, 0) is 0 Å². The van der Waals surface area contributed by atoms with Crippen molar-refractivity contribution in [3.8, 4) is 0 Å². The zero-order valence-corrected chi connectivity index (χ0v) is 10.6. The van der Waals surface area contributed by atoms with Gasteiger partial charge >= 0.3 is 0 Å². The van der Waals surface area contributed by atoms with Crippen LogP contribution in [0.15, 0.2) is 24.3 Å². The molecule has 100 valence electrons. The number of nitrogens with zero attached hydrogens (tertiary/aromatic N) is 1. The van der Waals surface area contributed by atoms with Crippen LogP contribution in [-0.4, -0.2) is 36.2 Å². The molecule has 1 saturated heterocycles. The summed E-state index contributed by atoms with van der Waals surface area (Å²) in [7, 11) is 0. The first-order chi connectivity index (χ1) is 8.74. The van der Waals surface area contributed by atoms with Crippen molar-refractivity contribution in [2.24, 2.45) is 11.7 Å². The summed E-state index contributed by atoms with van der Waals surface area (Å²) in [6.07, 6.45) is 1.98. The Balaban J connectivity index is 2.05. The highest BCUT2D eigenvalue weighted by molar-refractivity contribution is 5.20. The van der Waals surface area contributed by atoms with E-state index in [1.165, 1.54) is 6.07 Å². The fourth-order valence-electron chi connectivity index (χ4n) is 2.66. The van der Waals surface area contributed by atoms with Crippen molar-refractivity contribution in [3.63, 3.8) is 0 Å². The summed E-state index contributed by atoms with van der Waals surface area (Å²) < 4.78 is 13.3. The molecule has 18 heavy (non-hydrogen) atoms. The smallest absolute Gasteiger partial charge is 0.123 e. The fraction of sp³-hybridized carbons (Fsp3) is 0.571. The van der Waals surface area contributed by atoms with Crippen LogP contribution >= 0.6 is 0 Å². The summed E-state index contributed by atoms with van der Waals surface area (Å²) in [6, 6.07) is 6.76. The topological polar surface area (TPSA) is 49.5 Å². The minimum absolute atomic E-state index is 0.0837. The van der Waals surface area contributed by atoms with Crippen molar-refractivity contribution in [3.05, 3.63) is 35.6 Å².